The number of nitrogens with one attached hydrogen (secondary N) is 1. The van der Waals surface area contributed by atoms with Crippen molar-refractivity contribution >= 4 is 39.8 Å². The van der Waals surface area contributed by atoms with Crippen molar-refractivity contribution in [1.29, 1.82) is 0 Å². The normalized spacial score (nSPS) is 15.9. The van der Waals surface area contributed by atoms with E-state index in [0.717, 1.165) is 41.1 Å². The first-order valence-corrected chi connectivity index (χ1v) is 10.4. The summed E-state index contributed by atoms with van der Waals surface area (Å²) in [5.41, 5.74) is 3.52. The van der Waals surface area contributed by atoms with Crippen molar-refractivity contribution in [1.82, 2.24) is 15.1 Å². The Kier molecular flexibility index (Phi) is 5.96. The molecule has 1 aliphatic heterocycles. The van der Waals surface area contributed by atoms with Crippen molar-refractivity contribution in [2.75, 3.05) is 18.4 Å². The lowest BCUT2D eigenvalue weighted by atomic mass is 10.1. The Morgan fingerprint density at radius 1 is 1.20 bits per heavy atom. The van der Waals surface area contributed by atoms with Crippen LogP contribution in [0.5, 0.6) is 0 Å². The molecule has 0 bridgehead atoms. The van der Waals surface area contributed by atoms with Gasteiger partial charge in [0.1, 0.15) is 0 Å². The van der Waals surface area contributed by atoms with Crippen molar-refractivity contribution < 1.29 is 4.79 Å². The molecule has 1 N–H and O–H groups in total. The van der Waals surface area contributed by atoms with Gasteiger partial charge in [-0.1, -0.05) is 29.2 Å². The molecule has 1 aromatic carbocycles. The van der Waals surface area contributed by atoms with Gasteiger partial charge in [-0.05, 0) is 63.3 Å². The number of carbonyl (C=O) groups excluding carboxylic acids is 1. The SMILES string of the molecule is Cc1ccc(Nc2nnc(S[C@@H](C)C(=O)N3CCCCC3)s2)cc1C. The molecule has 2 heterocycles. The number of piperidine rings is 1. The predicted molar refractivity (Wildman–Crippen MR) is 105 cm³/mol. The van der Waals surface area contributed by atoms with Crippen LogP contribution in [-0.2, 0) is 4.79 Å². The first-order valence-electron chi connectivity index (χ1n) is 8.66. The molecule has 0 saturated carbocycles. The number of aryl methyl sites for hydroxylation is 2. The number of rotatable bonds is 5. The Hall–Kier alpha value is -1.60. The van der Waals surface area contributed by atoms with Crippen LogP contribution in [0.15, 0.2) is 22.5 Å². The van der Waals surface area contributed by atoms with Crippen LogP contribution < -0.4 is 5.32 Å². The van der Waals surface area contributed by atoms with E-state index in [9.17, 15) is 4.79 Å². The molecule has 3 rings (SSSR count). The fraction of sp³-hybridized carbons (Fsp3) is 0.500. The van der Waals surface area contributed by atoms with Gasteiger partial charge in [0, 0.05) is 18.8 Å². The van der Waals surface area contributed by atoms with E-state index in [2.05, 4.69) is 41.5 Å². The van der Waals surface area contributed by atoms with Crippen LogP contribution in [0.4, 0.5) is 10.8 Å². The Bertz CT molecular complexity index is 740. The van der Waals surface area contributed by atoms with Gasteiger partial charge in [0.15, 0.2) is 4.34 Å². The van der Waals surface area contributed by atoms with Gasteiger partial charge in [0.2, 0.25) is 11.0 Å². The Balaban J connectivity index is 1.59. The number of carbonyl (C=O) groups is 1. The molecule has 1 fully saturated rings. The molecular formula is C18H24N4OS2. The number of hydrogen-bond donors (Lipinski definition) is 1. The quantitative estimate of drug-likeness (QED) is 0.784. The summed E-state index contributed by atoms with van der Waals surface area (Å²) in [7, 11) is 0. The third-order valence-corrected chi connectivity index (χ3v) is 6.47. The summed E-state index contributed by atoms with van der Waals surface area (Å²) in [5, 5.41) is 12.3. The molecule has 134 valence electrons. The summed E-state index contributed by atoms with van der Waals surface area (Å²) in [6.07, 6.45) is 3.47. The molecule has 1 atom stereocenters. The van der Waals surface area contributed by atoms with Gasteiger partial charge in [0.25, 0.3) is 0 Å². The van der Waals surface area contributed by atoms with E-state index < -0.39 is 0 Å². The van der Waals surface area contributed by atoms with Crippen LogP contribution in [0.25, 0.3) is 0 Å². The van der Waals surface area contributed by atoms with Crippen molar-refractivity contribution in [3.63, 3.8) is 0 Å². The van der Waals surface area contributed by atoms with Gasteiger partial charge in [-0.3, -0.25) is 4.79 Å². The highest BCUT2D eigenvalue weighted by molar-refractivity contribution is 8.02. The van der Waals surface area contributed by atoms with Crippen LogP contribution in [-0.4, -0.2) is 39.3 Å². The van der Waals surface area contributed by atoms with Crippen molar-refractivity contribution in [2.24, 2.45) is 0 Å². The van der Waals surface area contributed by atoms with Gasteiger partial charge < -0.3 is 10.2 Å². The smallest absolute Gasteiger partial charge is 0.235 e. The Morgan fingerprint density at radius 2 is 1.96 bits per heavy atom. The molecule has 1 saturated heterocycles. The third-order valence-electron chi connectivity index (χ3n) is 4.46. The lowest BCUT2D eigenvalue weighted by Crippen LogP contribution is -2.40. The summed E-state index contributed by atoms with van der Waals surface area (Å²) in [6, 6.07) is 6.23. The van der Waals surface area contributed by atoms with E-state index in [1.807, 2.05) is 17.9 Å². The minimum absolute atomic E-state index is 0.125. The van der Waals surface area contributed by atoms with E-state index in [1.54, 1.807) is 0 Å². The van der Waals surface area contributed by atoms with E-state index in [0.29, 0.717) is 0 Å². The minimum Gasteiger partial charge on any atom is -0.342 e. The fourth-order valence-corrected chi connectivity index (χ4v) is 4.82. The number of hydrogen-bond acceptors (Lipinski definition) is 6. The highest BCUT2D eigenvalue weighted by Gasteiger charge is 2.24. The summed E-state index contributed by atoms with van der Waals surface area (Å²) in [6.45, 7) is 7.92. The number of benzene rings is 1. The van der Waals surface area contributed by atoms with Crippen molar-refractivity contribution in [3.05, 3.63) is 29.3 Å². The van der Waals surface area contributed by atoms with Gasteiger partial charge in [-0.25, -0.2) is 0 Å². The number of amides is 1. The lowest BCUT2D eigenvalue weighted by Gasteiger charge is -2.28. The third kappa shape index (κ3) is 4.73. The molecule has 0 unspecified atom stereocenters. The van der Waals surface area contributed by atoms with Crippen LogP contribution in [0.2, 0.25) is 0 Å². The standard InChI is InChI=1S/C18H24N4OS2/c1-12-7-8-15(11-13(12)2)19-17-20-21-18(25-17)24-14(3)16(23)22-9-5-4-6-10-22/h7-8,11,14H,4-6,9-10H2,1-3H3,(H,19,20)/t14-/m0/s1. The number of aromatic nitrogens is 2. The molecule has 1 amide bonds. The molecule has 0 radical (unpaired) electrons. The summed E-state index contributed by atoms with van der Waals surface area (Å²) in [4.78, 5) is 14.5. The lowest BCUT2D eigenvalue weighted by molar-refractivity contribution is -0.131. The second kappa shape index (κ2) is 8.19. The molecule has 7 heteroatoms. The van der Waals surface area contributed by atoms with E-state index in [1.165, 1.54) is 40.6 Å². The topological polar surface area (TPSA) is 58.1 Å². The van der Waals surface area contributed by atoms with Crippen LogP contribution in [0.1, 0.15) is 37.3 Å². The number of thioether (sulfide) groups is 1. The second-order valence-electron chi connectivity index (χ2n) is 6.44. The summed E-state index contributed by atoms with van der Waals surface area (Å²) < 4.78 is 0.823. The van der Waals surface area contributed by atoms with E-state index in [-0.39, 0.29) is 11.2 Å². The van der Waals surface area contributed by atoms with Gasteiger partial charge in [-0.15, -0.1) is 10.2 Å². The summed E-state index contributed by atoms with van der Waals surface area (Å²) in [5.74, 6) is 0.212. The number of nitrogens with zero attached hydrogens (tertiary/aromatic N) is 3. The van der Waals surface area contributed by atoms with Crippen LogP contribution >= 0.6 is 23.1 Å². The Labute approximate surface area is 157 Å². The average Bonchev–Trinajstić information content (AvgIpc) is 3.05. The monoisotopic (exact) mass is 376 g/mol. The Morgan fingerprint density at radius 3 is 2.68 bits per heavy atom. The van der Waals surface area contributed by atoms with Crippen LogP contribution in [0, 0.1) is 13.8 Å². The largest absolute Gasteiger partial charge is 0.342 e. The average molecular weight is 377 g/mol. The van der Waals surface area contributed by atoms with Crippen LogP contribution in [0.3, 0.4) is 0 Å². The number of anilines is 2. The molecule has 5 nitrogen and oxygen atoms in total. The zero-order valence-electron chi connectivity index (χ0n) is 14.9. The molecule has 2 aromatic rings. The van der Waals surface area contributed by atoms with Gasteiger partial charge in [-0.2, -0.15) is 0 Å². The first kappa shape index (κ1) is 18.2. The number of likely N-dealkylation sites (tertiary alicyclic amines) is 1. The van der Waals surface area contributed by atoms with Crippen molar-refractivity contribution in [3.8, 4) is 0 Å². The molecule has 1 aromatic heterocycles. The molecule has 0 aliphatic carbocycles. The maximum atomic E-state index is 12.5. The highest BCUT2D eigenvalue weighted by atomic mass is 32.2. The molecule has 0 spiro atoms. The predicted octanol–water partition coefficient (Wildman–Crippen LogP) is 4.39. The van der Waals surface area contributed by atoms with Crippen molar-refractivity contribution in [2.45, 2.75) is 49.6 Å². The first-order chi connectivity index (χ1) is 12.0. The highest BCUT2D eigenvalue weighted by Crippen LogP contribution is 2.31. The molecule has 1 aliphatic rings. The van der Waals surface area contributed by atoms with Gasteiger partial charge >= 0.3 is 0 Å². The van der Waals surface area contributed by atoms with Gasteiger partial charge in [0.05, 0.1) is 5.25 Å². The van der Waals surface area contributed by atoms with E-state index >= 15 is 0 Å². The molecule has 25 heavy (non-hydrogen) atoms. The maximum Gasteiger partial charge on any atom is 0.235 e. The molecular weight excluding hydrogens is 352 g/mol. The van der Waals surface area contributed by atoms with E-state index in [4.69, 9.17) is 0 Å². The maximum absolute atomic E-state index is 12.5. The minimum atomic E-state index is -0.125. The zero-order chi connectivity index (χ0) is 17.8. The fourth-order valence-electron chi connectivity index (χ4n) is 2.82. The zero-order valence-corrected chi connectivity index (χ0v) is 16.5. The second-order valence-corrected chi connectivity index (χ2v) is 9.01. The summed E-state index contributed by atoms with van der Waals surface area (Å²) >= 11 is 2.99.